The molecule has 2 fully saturated rings. The van der Waals surface area contributed by atoms with Crippen molar-refractivity contribution >= 4 is 46.6 Å². The third kappa shape index (κ3) is 5.94. The number of hydrazine groups is 1. The van der Waals surface area contributed by atoms with Gasteiger partial charge in [-0.05, 0) is 18.6 Å². The largest absolute Gasteiger partial charge is 0.490 e. The Morgan fingerprint density at radius 1 is 1.09 bits per heavy atom. The molecule has 2 saturated heterocycles. The number of benzene rings is 1. The molecule has 2 heterocycles. The van der Waals surface area contributed by atoms with E-state index < -0.39 is 35.6 Å². The number of nitrogens with zero attached hydrogens (tertiary/aromatic N) is 4. The van der Waals surface area contributed by atoms with Crippen molar-refractivity contribution in [3.63, 3.8) is 0 Å². The van der Waals surface area contributed by atoms with Crippen LogP contribution in [0.1, 0.15) is 12.8 Å². The number of cyclic esters (lactones) is 1. The average Bonchev–Trinajstić information content (AvgIpc) is 3.08. The highest BCUT2D eigenvalue weighted by molar-refractivity contribution is 7.80. The van der Waals surface area contributed by atoms with Crippen LogP contribution in [0.15, 0.2) is 12.1 Å². The Bertz CT molecular complexity index is 950. The molecule has 3 rings (SSSR count). The number of thiocarbonyl (C=S) groups is 1. The Labute approximate surface area is 206 Å². The minimum Gasteiger partial charge on any atom is -0.490 e. The molecule has 0 bridgehead atoms. The van der Waals surface area contributed by atoms with E-state index in [1.807, 2.05) is 0 Å². The van der Waals surface area contributed by atoms with Crippen molar-refractivity contribution in [3.8, 4) is 0 Å². The standard InChI is InChI=1S/C21H28F2N6O5S/c1-33-19(35)3-2-14-12-27(21(32)34-14)13-8-15(22)20(16(23)9-13)26-4-6-28(17(30)10-24)29(7-5-26)18(31)11-25/h8-9,14H,2-7,10-12,24-25H2,1H3/t14-/m0/s1. The number of ether oxygens (including phenoxy) is 2. The van der Waals surface area contributed by atoms with Gasteiger partial charge in [-0.3, -0.25) is 14.5 Å². The van der Waals surface area contributed by atoms with Crippen LogP contribution in [0.5, 0.6) is 0 Å². The van der Waals surface area contributed by atoms with E-state index in [1.165, 1.54) is 12.0 Å². The van der Waals surface area contributed by atoms with Gasteiger partial charge in [0.25, 0.3) is 11.8 Å². The molecule has 0 unspecified atom stereocenters. The van der Waals surface area contributed by atoms with E-state index in [9.17, 15) is 14.4 Å². The van der Waals surface area contributed by atoms with Gasteiger partial charge in [-0.2, -0.15) is 0 Å². The van der Waals surface area contributed by atoms with E-state index in [4.69, 9.17) is 33.2 Å². The fourth-order valence-electron chi connectivity index (χ4n) is 4.01. The van der Waals surface area contributed by atoms with Gasteiger partial charge >= 0.3 is 6.09 Å². The molecular weight excluding hydrogens is 486 g/mol. The molecule has 2 aliphatic heterocycles. The monoisotopic (exact) mass is 514 g/mol. The first-order valence-corrected chi connectivity index (χ1v) is 11.4. The van der Waals surface area contributed by atoms with Gasteiger partial charge in [0.05, 0.1) is 45.5 Å². The zero-order valence-corrected chi connectivity index (χ0v) is 20.1. The summed E-state index contributed by atoms with van der Waals surface area (Å²) in [6, 6.07) is 2.11. The molecule has 0 aliphatic carbocycles. The van der Waals surface area contributed by atoms with Crippen LogP contribution in [-0.2, 0) is 19.1 Å². The number of carbonyl (C=O) groups is 3. The normalized spacial score (nSPS) is 18.4. The number of amides is 3. The fraction of sp³-hybridized carbons (Fsp3) is 0.524. The van der Waals surface area contributed by atoms with Crippen molar-refractivity contribution in [1.82, 2.24) is 10.0 Å². The predicted molar refractivity (Wildman–Crippen MR) is 127 cm³/mol. The number of anilines is 2. The highest BCUT2D eigenvalue weighted by Crippen LogP contribution is 2.32. The summed E-state index contributed by atoms with van der Waals surface area (Å²) in [5.41, 5.74) is 10.6. The molecule has 4 N–H and O–H groups in total. The second-order valence-corrected chi connectivity index (χ2v) is 8.37. The van der Waals surface area contributed by atoms with E-state index in [2.05, 4.69) is 0 Å². The first-order valence-electron chi connectivity index (χ1n) is 11.0. The fourth-order valence-corrected chi connectivity index (χ4v) is 4.13. The molecule has 11 nitrogen and oxygen atoms in total. The highest BCUT2D eigenvalue weighted by Gasteiger charge is 2.35. The summed E-state index contributed by atoms with van der Waals surface area (Å²) < 4.78 is 40.5. The van der Waals surface area contributed by atoms with Gasteiger partial charge in [0.2, 0.25) is 0 Å². The topological polar surface area (TPSA) is 135 Å². The minimum atomic E-state index is -0.896. The molecule has 1 aromatic carbocycles. The molecular formula is C21H28F2N6O5S. The molecule has 0 spiro atoms. The first kappa shape index (κ1) is 26.5. The van der Waals surface area contributed by atoms with Crippen molar-refractivity contribution in [1.29, 1.82) is 0 Å². The number of carbonyl (C=O) groups excluding carboxylic acids is 3. The second kappa shape index (κ2) is 11.6. The molecule has 0 saturated carbocycles. The van der Waals surface area contributed by atoms with E-state index in [-0.39, 0.29) is 57.2 Å². The van der Waals surface area contributed by atoms with Crippen LogP contribution in [0.3, 0.4) is 0 Å². The molecule has 192 valence electrons. The van der Waals surface area contributed by atoms with Crippen LogP contribution in [0.2, 0.25) is 0 Å². The lowest BCUT2D eigenvalue weighted by molar-refractivity contribution is -0.160. The second-order valence-electron chi connectivity index (χ2n) is 7.92. The highest BCUT2D eigenvalue weighted by atomic mass is 32.1. The van der Waals surface area contributed by atoms with Crippen LogP contribution in [0.25, 0.3) is 0 Å². The minimum absolute atomic E-state index is 0.0141. The summed E-state index contributed by atoms with van der Waals surface area (Å²) in [7, 11) is 1.45. The molecule has 1 aromatic rings. The zero-order valence-electron chi connectivity index (χ0n) is 19.2. The number of hydrogen-bond acceptors (Lipinski definition) is 9. The molecule has 14 heteroatoms. The van der Waals surface area contributed by atoms with Crippen LogP contribution in [0.4, 0.5) is 25.0 Å². The average molecular weight is 515 g/mol. The van der Waals surface area contributed by atoms with Crippen LogP contribution in [0, 0.1) is 11.6 Å². The lowest BCUT2D eigenvalue weighted by Crippen LogP contribution is -2.53. The summed E-state index contributed by atoms with van der Waals surface area (Å²) in [5, 5.41) is 2.67. The molecule has 0 aromatic heterocycles. The Kier molecular flexibility index (Phi) is 8.75. The Morgan fingerprint density at radius 2 is 1.63 bits per heavy atom. The lowest BCUT2D eigenvalue weighted by atomic mass is 10.2. The lowest BCUT2D eigenvalue weighted by Gasteiger charge is -2.32. The third-order valence-corrected chi connectivity index (χ3v) is 6.15. The van der Waals surface area contributed by atoms with E-state index in [0.29, 0.717) is 17.9 Å². The van der Waals surface area contributed by atoms with E-state index >= 15 is 8.78 Å². The number of rotatable bonds is 7. The van der Waals surface area contributed by atoms with Gasteiger partial charge in [-0.15, -0.1) is 0 Å². The number of nitrogens with two attached hydrogens (primary N) is 2. The molecule has 2 aliphatic rings. The van der Waals surface area contributed by atoms with Gasteiger partial charge < -0.3 is 25.8 Å². The Morgan fingerprint density at radius 3 is 2.11 bits per heavy atom. The van der Waals surface area contributed by atoms with Gasteiger partial charge in [-0.1, -0.05) is 0 Å². The number of hydrogen-bond donors (Lipinski definition) is 2. The Hall–Kier alpha value is -3.10. The zero-order chi connectivity index (χ0) is 25.7. The summed E-state index contributed by atoms with van der Waals surface area (Å²) in [5.74, 6) is -2.82. The maximum absolute atomic E-state index is 15.2. The van der Waals surface area contributed by atoms with Gasteiger partial charge in [0, 0.05) is 31.6 Å². The van der Waals surface area contributed by atoms with Crippen molar-refractivity contribution in [2.45, 2.75) is 18.9 Å². The smallest absolute Gasteiger partial charge is 0.414 e. The van der Waals surface area contributed by atoms with Gasteiger partial charge in [0.15, 0.2) is 16.7 Å². The maximum Gasteiger partial charge on any atom is 0.414 e. The quantitative estimate of drug-likeness (QED) is 0.494. The molecule has 0 radical (unpaired) electrons. The first-order chi connectivity index (χ1) is 16.7. The molecule has 3 amide bonds. The summed E-state index contributed by atoms with van der Waals surface area (Å²) in [6.45, 7) is -0.524. The van der Waals surface area contributed by atoms with E-state index in [0.717, 1.165) is 27.1 Å². The summed E-state index contributed by atoms with van der Waals surface area (Å²) in [6.07, 6.45) is -0.390. The summed E-state index contributed by atoms with van der Waals surface area (Å²) >= 11 is 4.98. The van der Waals surface area contributed by atoms with Crippen molar-refractivity contribution in [2.24, 2.45) is 11.5 Å². The van der Waals surface area contributed by atoms with E-state index in [1.54, 1.807) is 0 Å². The summed E-state index contributed by atoms with van der Waals surface area (Å²) in [4.78, 5) is 39.3. The van der Waals surface area contributed by atoms with Gasteiger partial charge in [-0.25, -0.2) is 23.6 Å². The third-order valence-electron chi connectivity index (χ3n) is 5.78. The predicted octanol–water partition coefficient (Wildman–Crippen LogP) is 0.354. The van der Waals surface area contributed by atoms with Gasteiger partial charge in [0.1, 0.15) is 11.8 Å². The van der Waals surface area contributed by atoms with Crippen LogP contribution < -0.4 is 21.3 Å². The number of methoxy groups -OCH3 is 1. The van der Waals surface area contributed by atoms with Crippen molar-refractivity contribution in [3.05, 3.63) is 23.8 Å². The SMILES string of the molecule is COC(=S)CC[C@H]1CN(c2cc(F)c(N3CCN(C(=O)CN)N(C(=O)CN)CC3)c(F)c2)C(=O)O1. The van der Waals surface area contributed by atoms with Crippen molar-refractivity contribution in [2.75, 3.05) is 62.7 Å². The molecule has 1 atom stereocenters. The number of halogens is 2. The maximum atomic E-state index is 15.2. The van der Waals surface area contributed by atoms with Crippen LogP contribution in [-0.4, -0.2) is 92.0 Å². The van der Waals surface area contributed by atoms with Crippen LogP contribution >= 0.6 is 12.2 Å². The molecule has 35 heavy (non-hydrogen) atoms. The van der Waals surface area contributed by atoms with Crippen molar-refractivity contribution < 1.29 is 32.6 Å². The Balaban J connectivity index is 1.77.